The number of guanidine groups is 1. The van der Waals surface area contributed by atoms with Crippen LogP contribution in [-0.2, 0) is 11.3 Å². The smallest absolute Gasteiger partial charge is 0.193 e. The highest BCUT2D eigenvalue weighted by atomic mass is 127. The van der Waals surface area contributed by atoms with Gasteiger partial charge in [-0.15, -0.1) is 24.0 Å². The minimum absolute atomic E-state index is 0. The van der Waals surface area contributed by atoms with E-state index in [9.17, 15) is 0 Å². The Balaban J connectivity index is 0.00000312. The van der Waals surface area contributed by atoms with Crippen molar-refractivity contribution in [1.29, 1.82) is 0 Å². The maximum atomic E-state index is 5.56. The summed E-state index contributed by atoms with van der Waals surface area (Å²) in [7, 11) is 5.24. The van der Waals surface area contributed by atoms with Crippen LogP contribution in [0.4, 0.5) is 0 Å². The van der Waals surface area contributed by atoms with Gasteiger partial charge in [0.25, 0.3) is 0 Å². The molecule has 0 bridgehead atoms. The van der Waals surface area contributed by atoms with E-state index in [1.807, 2.05) is 32.2 Å². The topological polar surface area (TPSA) is 55.3 Å². The second kappa shape index (κ2) is 11.4. The lowest BCUT2D eigenvalue weighted by Gasteiger charge is -2.22. The van der Waals surface area contributed by atoms with Crippen molar-refractivity contribution in [2.45, 2.75) is 19.9 Å². The molecule has 1 unspecified atom stereocenters. The van der Waals surface area contributed by atoms with Crippen molar-refractivity contribution in [3.63, 3.8) is 0 Å². The summed E-state index contributed by atoms with van der Waals surface area (Å²) in [6, 6.07) is 6.00. The van der Waals surface area contributed by atoms with Crippen LogP contribution in [0.3, 0.4) is 0 Å². The molecule has 1 aromatic rings. The van der Waals surface area contributed by atoms with Gasteiger partial charge in [-0.2, -0.15) is 0 Å². The molecule has 142 valence electrons. The summed E-state index contributed by atoms with van der Waals surface area (Å²) in [5.74, 6) is 3.04. The lowest BCUT2D eigenvalue weighted by atomic mass is 10.1. The fraction of sp³-hybridized carbons (Fsp3) is 0.611. The Morgan fingerprint density at radius 3 is 2.76 bits per heavy atom. The summed E-state index contributed by atoms with van der Waals surface area (Å²) < 4.78 is 16.2. The molecular weight excluding hydrogens is 433 g/mol. The second-order valence-corrected chi connectivity index (χ2v) is 5.88. The van der Waals surface area contributed by atoms with E-state index >= 15 is 0 Å². The van der Waals surface area contributed by atoms with Crippen LogP contribution < -0.4 is 14.8 Å². The van der Waals surface area contributed by atoms with Crippen molar-refractivity contribution in [3.8, 4) is 11.5 Å². The molecule has 1 aromatic carbocycles. The summed E-state index contributed by atoms with van der Waals surface area (Å²) >= 11 is 0. The average molecular weight is 463 g/mol. The van der Waals surface area contributed by atoms with E-state index in [1.54, 1.807) is 14.2 Å². The van der Waals surface area contributed by atoms with E-state index in [2.05, 4.69) is 15.2 Å². The van der Waals surface area contributed by atoms with Crippen LogP contribution in [0.15, 0.2) is 23.2 Å². The lowest BCUT2D eigenvalue weighted by molar-refractivity contribution is 0.157. The van der Waals surface area contributed by atoms with Gasteiger partial charge < -0.3 is 24.4 Å². The van der Waals surface area contributed by atoms with Gasteiger partial charge in [-0.25, -0.2) is 0 Å². The first-order valence-corrected chi connectivity index (χ1v) is 8.46. The monoisotopic (exact) mass is 463 g/mol. The number of hydrogen-bond donors (Lipinski definition) is 1. The van der Waals surface area contributed by atoms with Crippen LogP contribution in [0.2, 0.25) is 0 Å². The van der Waals surface area contributed by atoms with E-state index in [0.717, 1.165) is 49.1 Å². The third-order valence-corrected chi connectivity index (χ3v) is 4.18. The Kier molecular flexibility index (Phi) is 9.96. The average Bonchev–Trinajstić information content (AvgIpc) is 3.05. The zero-order chi connectivity index (χ0) is 17.4. The first-order chi connectivity index (χ1) is 11.7. The predicted molar refractivity (Wildman–Crippen MR) is 111 cm³/mol. The van der Waals surface area contributed by atoms with Crippen molar-refractivity contribution in [2.24, 2.45) is 10.9 Å². The number of benzene rings is 1. The van der Waals surface area contributed by atoms with Gasteiger partial charge in [-0.05, 0) is 31.0 Å². The van der Waals surface area contributed by atoms with Crippen LogP contribution in [0.1, 0.15) is 18.9 Å². The Morgan fingerprint density at radius 1 is 1.32 bits per heavy atom. The van der Waals surface area contributed by atoms with E-state index in [4.69, 9.17) is 14.2 Å². The number of rotatable bonds is 7. The molecule has 0 aromatic heterocycles. The second-order valence-electron chi connectivity index (χ2n) is 5.88. The van der Waals surface area contributed by atoms with Gasteiger partial charge in [-0.1, -0.05) is 6.07 Å². The number of ether oxygens (including phenoxy) is 3. The van der Waals surface area contributed by atoms with Crippen LogP contribution >= 0.6 is 24.0 Å². The van der Waals surface area contributed by atoms with E-state index < -0.39 is 0 Å². The van der Waals surface area contributed by atoms with Gasteiger partial charge in [0, 0.05) is 39.7 Å². The molecule has 1 aliphatic rings. The molecule has 1 saturated heterocycles. The number of methoxy groups -OCH3 is 2. The standard InChI is InChI=1S/C18H29N3O3.HI/c1-5-24-16-7-6-14(10-17(16)23-4)11-20-18(19-2)21-9-8-15(12-21)13-22-3;/h6-7,10,15H,5,8-9,11-13H2,1-4H3,(H,19,20);1H. The first-order valence-electron chi connectivity index (χ1n) is 8.46. The highest BCUT2D eigenvalue weighted by Crippen LogP contribution is 2.28. The number of likely N-dealkylation sites (tertiary alicyclic amines) is 1. The number of aliphatic imine (C=N–C) groups is 1. The number of nitrogens with one attached hydrogen (secondary N) is 1. The number of hydrogen-bond acceptors (Lipinski definition) is 4. The normalized spacial score (nSPS) is 17.2. The summed E-state index contributed by atoms with van der Waals surface area (Å²) in [6.45, 7) is 6.09. The fourth-order valence-electron chi connectivity index (χ4n) is 3.01. The molecule has 0 aliphatic carbocycles. The molecule has 1 fully saturated rings. The lowest BCUT2D eigenvalue weighted by Crippen LogP contribution is -2.39. The fourth-order valence-corrected chi connectivity index (χ4v) is 3.01. The van der Waals surface area contributed by atoms with E-state index in [-0.39, 0.29) is 24.0 Å². The van der Waals surface area contributed by atoms with Crippen molar-refractivity contribution in [3.05, 3.63) is 23.8 Å². The first kappa shape index (κ1) is 21.8. The van der Waals surface area contributed by atoms with Crippen molar-refractivity contribution in [1.82, 2.24) is 10.2 Å². The zero-order valence-electron chi connectivity index (χ0n) is 15.6. The summed E-state index contributed by atoms with van der Waals surface area (Å²) in [4.78, 5) is 6.69. The third kappa shape index (κ3) is 6.22. The number of nitrogens with zero attached hydrogens (tertiary/aromatic N) is 2. The molecule has 0 saturated carbocycles. The summed E-state index contributed by atoms with van der Waals surface area (Å²) in [5.41, 5.74) is 1.13. The highest BCUT2D eigenvalue weighted by molar-refractivity contribution is 14.0. The molecule has 0 spiro atoms. The van der Waals surface area contributed by atoms with Crippen LogP contribution in [0, 0.1) is 5.92 Å². The van der Waals surface area contributed by atoms with Crippen LogP contribution in [0.5, 0.6) is 11.5 Å². The van der Waals surface area contributed by atoms with Gasteiger partial charge in [0.15, 0.2) is 17.5 Å². The molecule has 2 rings (SSSR count). The Hall–Kier alpha value is -1.22. The Morgan fingerprint density at radius 2 is 2.12 bits per heavy atom. The molecule has 7 heteroatoms. The quantitative estimate of drug-likeness (QED) is 0.383. The zero-order valence-corrected chi connectivity index (χ0v) is 17.9. The SMILES string of the molecule is CCOc1ccc(CNC(=NC)N2CCC(COC)C2)cc1OC.I. The van der Waals surface area contributed by atoms with Crippen LogP contribution in [-0.4, -0.2) is 58.4 Å². The Labute approximate surface area is 167 Å². The molecular formula is C18H30IN3O3. The van der Waals surface area contributed by atoms with Gasteiger partial charge in [0.2, 0.25) is 0 Å². The maximum Gasteiger partial charge on any atom is 0.193 e. The van der Waals surface area contributed by atoms with Gasteiger partial charge in [0.1, 0.15) is 0 Å². The molecule has 1 heterocycles. The van der Waals surface area contributed by atoms with E-state index in [1.165, 1.54) is 0 Å². The van der Waals surface area contributed by atoms with Crippen molar-refractivity contribution in [2.75, 3.05) is 47.6 Å². The molecule has 0 amide bonds. The summed E-state index contributed by atoms with van der Waals surface area (Å²) in [5, 5.41) is 3.43. The molecule has 1 aliphatic heterocycles. The minimum Gasteiger partial charge on any atom is -0.493 e. The van der Waals surface area contributed by atoms with Crippen molar-refractivity contribution >= 4 is 29.9 Å². The van der Waals surface area contributed by atoms with E-state index in [0.29, 0.717) is 19.1 Å². The van der Waals surface area contributed by atoms with Gasteiger partial charge in [0.05, 0.1) is 20.3 Å². The van der Waals surface area contributed by atoms with Crippen LogP contribution in [0.25, 0.3) is 0 Å². The molecule has 25 heavy (non-hydrogen) atoms. The predicted octanol–water partition coefficient (Wildman–Crippen LogP) is 2.76. The Bertz CT molecular complexity index is 554. The molecule has 6 nitrogen and oxygen atoms in total. The minimum atomic E-state index is 0. The number of halogens is 1. The molecule has 1 atom stereocenters. The summed E-state index contributed by atoms with van der Waals surface area (Å²) in [6.07, 6.45) is 1.14. The molecule has 1 N–H and O–H groups in total. The largest absolute Gasteiger partial charge is 0.493 e. The maximum absolute atomic E-state index is 5.56. The third-order valence-electron chi connectivity index (χ3n) is 4.18. The van der Waals surface area contributed by atoms with Gasteiger partial charge >= 0.3 is 0 Å². The highest BCUT2D eigenvalue weighted by Gasteiger charge is 2.24. The molecule has 0 radical (unpaired) electrons. The van der Waals surface area contributed by atoms with Gasteiger partial charge in [-0.3, -0.25) is 4.99 Å². The van der Waals surface area contributed by atoms with Crippen molar-refractivity contribution < 1.29 is 14.2 Å².